The molecule has 1 unspecified atom stereocenters. The lowest BCUT2D eigenvalue weighted by atomic mass is 10.0. The van der Waals surface area contributed by atoms with Gasteiger partial charge in [-0.1, -0.05) is 12.1 Å². The Balaban J connectivity index is 2.82. The van der Waals surface area contributed by atoms with Crippen LogP contribution in [0.4, 0.5) is 5.69 Å². The van der Waals surface area contributed by atoms with Gasteiger partial charge in [-0.3, -0.25) is 4.90 Å². The second-order valence-corrected chi connectivity index (χ2v) is 5.72. The van der Waals surface area contributed by atoms with Gasteiger partial charge in [0.2, 0.25) is 0 Å². The molecule has 0 aliphatic carbocycles. The second kappa shape index (κ2) is 7.40. The topological polar surface area (TPSA) is 66.6 Å². The average Bonchev–Trinajstić information content (AvgIpc) is 2.35. The van der Waals surface area contributed by atoms with Crippen molar-refractivity contribution in [3.05, 3.63) is 29.3 Å². The summed E-state index contributed by atoms with van der Waals surface area (Å²) >= 11 is 1.82. The molecule has 0 aromatic heterocycles. The van der Waals surface area contributed by atoms with E-state index >= 15 is 0 Å². The highest BCUT2D eigenvalue weighted by atomic mass is 32.2. The molecule has 0 bridgehead atoms. The molecule has 1 aromatic carbocycles. The molecule has 0 amide bonds. The van der Waals surface area contributed by atoms with Crippen molar-refractivity contribution >= 4 is 23.4 Å². The van der Waals surface area contributed by atoms with Crippen molar-refractivity contribution in [1.82, 2.24) is 4.90 Å². The third kappa shape index (κ3) is 4.44. The number of hydrogen-bond donors (Lipinski definition) is 2. The minimum atomic E-state index is -0.960. The molecule has 0 fully saturated rings. The largest absolute Gasteiger partial charge is 0.478 e. The summed E-state index contributed by atoms with van der Waals surface area (Å²) in [4.78, 5) is 13.4. The van der Waals surface area contributed by atoms with E-state index in [-0.39, 0.29) is 5.56 Å². The Morgan fingerprint density at radius 3 is 2.79 bits per heavy atom. The Kier molecular flexibility index (Phi) is 6.18. The summed E-state index contributed by atoms with van der Waals surface area (Å²) in [5, 5.41) is 9.24. The van der Waals surface area contributed by atoms with Crippen LogP contribution < -0.4 is 5.73 Å². The zero-order valence-electron chi connectivity index (χ0n) is 11.7. The van der Waals surface area contributed by atoms with Gasteiger partial charge in [0.15, 0.2) is 0 Å². The SMILES string of the molecule is CSCCC(C)N(C)Cc1cccc(N)c1C(=O)O. The van der Waals surface area contributed by atoms with Gasteiger partial charge in [-0.2, -0.15) is 11.8 Å². The number of nitrogens with two attached hydrogens (primary N) is 1. The van der Waals surface area contributed by atoms with E-state index in [1.54, 1.807) is 12.1 Å². The fraction of sp³-hybridized carbons (Fsp3) is 0.500. The summed E-state index contributed by atoms with van der Waals surface area (Å²) in [7, 11) is 2.01. The normalized spacial score (nSPS) is 12.6. The van der Waals surface area contributed by atoms with E-state index in [2.05, 4.69) is 18.1 Å². The maximum atomic E-state index is 11.3. The first-order chi connectivity index (χ1) is 8.97. The van der Waals surface area contributed by atoms with Crippen LogP contribution in [0.1, 0.15) is 29.3 Å². The molecule has 5 heteroatoms. The van der Waals surface area contributed by atoms with Crippen molar-refractivity contribution in [2.24, 2.45) is 0 Å². The fourth-order valence-electron chi connectivity index (χ4n) is 1.95. The number of aromatic carboxylic acids is 1. The van der Waals surface area contributed by atoms with Crippen molar-refractivity contribution in [3.8, 4) is 0 Å². The highest BCUT2D eigenvalue weighted by molar-refractivity contribution is 7.98. The predicted molar refractivity (Wildman–Crippen MR) is 81.7 cm³/mol. The van der Waals surface area contributed by atoms with E-state index in [0.717, 1.165) is 17.7 Å². The molecule has 0 spiro atoms. The number of nitrogens with zero attached hydrogens (tertiary/aromatic N) is 1. The number of hydrogen-bond acceptors (Lipinski definition) is 4. The molecule has 4 nitrogen and oxygen atoms in total. The monoisotopic (exact) mass is 282 g/mol. The van der Waals surface area contributed by atoms with Crippen LogP contribution in [0.15, 0.2) is 18.2 Å². The van der Waals surface area contributed by atoms with Gasteiger partial charge >= 0.3 is 5.97 Å². The lowest BCUT2D eigenvalue weighted by Gasteiger charge is -2.25. The summed E-state index contributed by atoms with van der Waals surface area (Å²) in [6.45, 7) is 2.76. The van der Waals surface area contributed by atoms with Gasteiger partial charge in [-0.25, -0.2) is 4.79 Å². The molecular formula is C14H22N2O2S. The molecule has 1 rings (SSSR count). The Labute approximate surface area is 119 Å². The van der Waals surface area contributed by atoms with Crippen molar-refractivity contribution in [3.63, 3.8) is 0 Å². The van der Waals surface area contributed by atoms with E-state index < -0.39 is 5.97 Å². The van der Waals surface area contributed by atoms with Gasteiger partial charge in [0.05, 0.1) is 5.56 Å². The predicted octanol–water partition coefficient (Wildman–Crippen LogP) is 2.54. The molecule has 0 aliphatic heterocycles. The lowest BCUT2D eigenvalue weighted by molar-refractivity contribution is 0.0695. The van der Waals surface area contributed by atoms with Crippen molar-refractivity contribution < 1.29 is 9.90 Å². The van der Waals surface area contributed by atoms with E-state index in [4.69, 9.17) is 5.73 Å². The number of thioether (sulfide) groups is 1. The number of benzene rings is 1. The summed E-state index contributed by atoms with van der Waals surface area (Å²) in [5.74, 6) is 0.145. The average molecular weight is 282 g/mol. The fourth-order valence-corrected chi connectivity index (χ4v) is 2.52. The molecule has 0 aliphatic rings. The zero-order chi connectivity index (χ0) is 14.4. The highest BCUT2D eigenvalue weighted by Crippen LogP contribution is 2.20. The Hall–Kier alpha value is -1.20. The molecule has 3 N–H and O–H groups in total. The highest BCUT2D eigenvalue weighted by Gasteiger charge is 2.16. The Morgan fingerprint density at radius 2 is 2.21 bits per heavy atom. The van der Waals surface area contributed by atoms with Crippen molar-refractivity contribution in [2.45, 2.75) is 25.9 Å². The van der Waals surface area contributed by atoms with Crippen molar-refractivity contribution in [2.75, 3.05) is 24.8 Å². The maximum absolute atomic E-state index is 11.3. The van der Waals surface area contributed by atoms with E-state index in [1.165, 1.54) is 0 Å². The Bertz CT molecular complexity index is 437. The van der Waals surface area contributed by atoms with Crippen LogP contribution in [0.2, 0.25) is 0 Å². The molecule has 0 radical (unpaired) electrons. The molecule has 1 atom stereocenters. The molecular weight excluding hydrogens is 260 g/mol. The van der Waals surface area contributed by atoms with Crippen LogP contribution in [0.3, 0.4) is 0 Å². The first kappa shape index (κ1) is 15.9. The van der Waals surface area contributed by atoms with E-state index in [0.29, 0.717) is 18.3 Å². The molecule has 19 heavy (non-hydrogen) atoms. The quantitative estimate of drug-likeness (QED) is 0.752. The van der Waals surface area contributed by atoms with E-state index in [9.17, 15) is 9.90 Å². The van der Waals surface area contributed by atoms with Crippen LogP contribution in [-0.2, 0) is 6.54 Å². The first-order valence-corrected chi connectivity index (χ1v) is 7.66. The van der Waals surface area contributed by atoms with Crippen LogP contribution in [0.25, 0.3) is 0 Å². The lowest BCUT2D eigenvalue weighted by Crippen LogP contribution is -2.29. The third-order valence-corrected chi connectivity index (χ3v) is 3.95. The molecule has 0 saturated carbocycles. The molecule has 1 aromatic rings. The maximum Gasteiger partial charge on any atom is 0.338 e. The van der Waals surface area contributed by atoms with Crippen LogP contribution in [0, 0.1) is 0 Å². The van der Waals surface area contributed by atoms with Gasteiger partial charge in [0, 0.05) is 18.3 Å². The number of carboxylic acids is 1. The summed E-state index contributed by atoms with van der Waals surface area (Å²) in [6, 6.07) is 5.68. The summed E-state index contributed by atoms with van der Waals surface area (Å²) in [6.07, 6.45) is 3.18. The molecule has 106 valence electrons. The van der Waals surface area contributed by atoms with Gasteiger partial charge < -0.3 is 10.8 Å². The summed E-state index contributed by atoms with van der Waals surface area (Å²) in [5.41, 5.74) is 7.08. The second-order valence-electron chi connectivity index (χ2n) is 4.73. The number of anilines is 1. The first-order valence-electron chi connectivity index (χ1n) is 6.27. The number of nitrogen functional groups attached to an aromatic ring is 1. The van der Waals surface area contributed by atoms with E-state index in [1.807, 2.05) is 24.9 Å². The third-order valence-electron chi connectivity index (χ3n) is 3.31. The Morgan fingerprint density at radius 1 is 1.53 bits per heavy atom. The van der Waals surface area contributed by atoms with Crippen LogP contribution in [-0.4, -0.2) is 41.1 Å². The van der Waals surface area contributed by atoms with Gasteiger partial charge in [0.1, 0.15) is 0 Å². The molecule has 0 heterocycles. The standard InChI is InChI=1S/C14H22N2O2S/c1-10(7-8-19-3)16(2)9-11-5-4-6-12(15)13(11)14(17)18/h4-6,10H,7-9,15H2,1-3H3,(H,17,18). The van der Waals surface area contributed by atoms with Crippen LogP contribution >= 0.6 is 11.8 Å². The van der Waals surface area contributed by atoms with Gasteiger partial charge in [-0.05, 0) is 44.0 Å². The van der Waals surface area contributed by atoms with Gasteiger partial charge in [-0.15, -0.1) is 0 Å². The summed E-state index contributed by atoms with van der Waals surface area (Å²) < 4.78 is 0. The number of carbonyl (C=O) groups is 1. The van der Waals surface area contributed by atoms with Crippen molar-refractivity contribution in [1.29, 1.82) is 0 Å². The minimum absolute atomic E-state index is 0.228. The smallest absolute Gasteiger partial charge is 0.338 e. The number of rotatable bonds is 7. The minimum Gasteiger partial charge on any atom is -0.478 e. The molecule has 0 saturated heterocycles. The van der Waals surface area contributed by atoms with Gasteiger partial charge in [0.25, 0.3) is 0 Å². The zero-order valence-corrected chi connectivity index (χ0v) is 12.5. The van der Waals surface area contributed by atoms with Crippen LogP contribution in [0.5, 0.6) is 0 Å². The number of carboxylic acid groups (broad SMARTS) is 1.